The first-order valence-electron chi connectivity index (χ1n) is 16.2. The first kappa shape index (κ1) is 92.2. The van der Waals surface area contributed by atoms with Gasteiger partial charge in [-0.25, -0.2) is 0 Å². The molecule has 0 radical (unpaired) electrons. The summed E-state index contributed by atoms with van der Waals surface area (Å²) in [5.41, 5.74) is 10.2. The molecule has 0 saturated carbocycles. The van der Waals surface area contributed by atoms with Gasteiger partial charge in [0.1, 0.15) is 0 Å². The molecule has 9 N–H and O–H groups in total. The van der Waals surface area contributed by atoms with Crippen LogP contribution in [0.15, 0.2) is 0 Å². The van der Waals surface area contributed by atoms with Crippen LogP contribution in [0.25, 0.3) is 0 Å². The van der Waals surface area contributed by atoms with Crippen molar-refractivity contribution >= 4 is 71.6 Å². The Balaban J connectivity index is -0.0000000752. The molecular formula is C30H36Au5Cl3N6O24. The van der Waals surface area contributed by atoms with E-state index in [1.807, 2.05) is 0 Å². The summed E-state index contributed by atoms with van der Waals surface area (Å²) in [6, 6.07) is -4.66. The van der Waals surface area contributed by atoms with E-state index in [0.717, 1.165) is 0 Å². The molecule has 0 fully saturated rings. The summed E-state index contributed by atoms with van der Waals surface area (Å²) >= 11 is 0. The minimum Gasteiger partial charge on any atom is -1.00 e. The second-order valence-electron chi connectivity index (χ2n) is 12.5. The number of nitrogens with two attached hydrogens (primary N) is 3. The molecule has 0 spiro atoms. The molecule has 3 unspecified atom stereocenters. The fourth-order valence-electron chi connectivity index (χ4n) is 5.16. The Morgan fingerprint density at radius 3 is 0.515 bits per heavy atom. The average molecular weight is 1960 g/mol. The van der Waals surface area contributed by atoms with Gasteiger partial charge in [0.25, 0.3) is 0 Å². The third kappa shape index (κ3) is 44.0. The Morgan fingerprint density at radius 2 is 0.426 bits per heavy atom. The maximum absolute atomic E-state index is 10.7. The summed E-state index contributed by atoms with van der Waals surface area (Å²) in [5.74, 6) is -20.4. The van der Waals surface area contributed by atoms with Crippen LogP contribution in [0.2, 0.25) is 0 Å². The van der Waals surface area contributed by atoms with Crippen LogP contribution in [-0.2, 0) is 169 Å². The van der Waals surface area contributed by atoms with Crippen LogP contribution in [-0.4, -0.2) is 126 Å². The fourth-order valence-corrected chi connectivity index (χ4v) is 5.16. The van der Waals surface area contributed by atoms with Gasteiger partial charge in [0.2, 0.25) is 0 Å². The van der Waals surface area contributed by atoms with Crippen molar-refractivity contribution in [2.75, 3.05) is 19.6 Å². The number of carbonyl (C=O) groups is 12. The monoisotopic (exact) mass is 1950 g/mol. The van der Waals surface area contributed by atoms with Crippen LogP contribution >= 0.6 is 0 Å². The number of aliphatic carboxylic acids is 12. The van der Waals surface area contributed by atoms with Crippen molar-refractivity contribution in [2.45, 2.75) is 92.5 Å². The van der Waals surface area contributed by atoms with E-state index in [2.05, 4.69) is 16.0 Å². The van der Waals surface area contributed by atoms with Crippen molar-refractivity contribution in [3.8, 4) is 0 Å². The number of halogens is 3. The molecule has 0 aromatic heterocycles. The van der Waals surface area contributed by atoms with Crippen molar-refractivity contribution in [1.29, 1.82) is 0 Å². The molecule has 0 aromatic rings. The summed E-state index contributed by atoms with van der Waals surface area (Å²) in [7, 11) is 0. The molecule has 0 aliphatic heterocycles. The Bertz CT molecular complexity index is 1400. The largest absolute Gasteiger partial charge is 3.00 e. The zero-order valence-corrected chi connectivity index (χ0v) is 46.5. The molecule has 3 atom stereocenters. The Hall–Kier alpha value is -2.03. The average Bonchev–Trinajstić information content (AvgIpc) is 3.03. The van der Waals surface area contributed by atoms with Gasteiger partial charge in [0, 0.05) is 166 Å². The number of hydrogen-bond acceptors (Lipinski definition) is 30. The van der Waals surface area contributed by atoms with Crippen molar-refractivity contribution in [2.24, 2.45) is 17.2 Å². The van der Waals surface area contributed by atoms with E-state index in [-0.39, 0.29) is 149 Å². The molecule has 0 heterocycles. The maximum Gasteiger partial charge on any atom is 3.00 e. The molecule has 30 nitrogen and oxygen atoms in total. The number of carboxylic acid groups (broad SMARTS) is 12. The van der Waals surface area contributed by atoms with Crippen LogP contribution in [0, 0.1) is 0 Å². The number of carbonyl (C=O) groups excluding carboxylic acids is 12. The van der Waals surface area contributed by atoms with Crippen molar-refractivity contribution in [3.05, 3.63) is 0 Å². The molecule has 0 rings (SSSR count). The van der Waals surface area contributed by atoms with Gasteiger partial charge >= 0.3 is 112 Å². The summed E-state index contributed by atoms with van der Waals surface area (Å²) < 4.78 is 0. The van der Waals surface area contributed by atoms with Crippen LogP contribution in [0.3, 0.4) is 0 Å². The molecule has 0 aliphatic carbocycles. The van der Waals surface area contributed by atoms with Crippen LogP contribution in [0.5, 0.6) is 0 Å². The van der Waals surface area contributed by atoms with Crippen molar-refractivity contribution < 1.29 is 268 Å². The number of hydrogen-bond donors (Lipinski definition) is 6. The van der Waals surface area contributed by atoms with E-state index in [1.54, 1.807) is 0 Å². The first-order chi connectivity index (χ1) is 27.3. The maximum atomic E-state index is 10.7. The van der Waals surface area contributed by atoms with Crippen molar-refractivity contribution in [1.82, 2.24) is 16.0 Å². The standard InChI is InChI=1S/3C10H16N2O8.5Au.3ClH/c3*11-5(1-6(13)14)10(2-7(15)16,3-8(17)18)12-4-9(19)20;;;;;;;;/h3*5,12H,1-4,11H2,(H,13,14)(H,15,16)(H,17,18)(H,19,20);;;;;;3*1H/q;;;5*+3;;;/p-15. The zero-order chi connectivity index (χ0) is 47.8. The topological polar surface area (TPSA) is 596 Å². The Kier molecular flexibility index (Phi) is 62.4. The molecule has 0 aliphatic rings. The van der Waals surface area contributed by atoms with E-state index in [4.69, 9.17) is 17.2 Å². The molecule has 0 saturated heterocycles. The number of rotatable bonds is 30. The second-order valence-corrected chi connectivity index (χ2v) is 12.5. The van der Waals surface area contributed by atoms with Crippen molar-refractivity contribution in [3.63, 3.8) is 0 Å². The zero-order valence-electron chi connectivity index (χ0n) is 33.4. The third-order valence-corrected chi connectivity index (χ3v) is 7.80. The van der Waals surface area contributed by atoms with Gasteiger partial charge in [-0.05, 0) is 0 Å². The summed E-state index contributed by atoms with van der Waals surface area (Å²) in [6.07, 6.45) is -8.82. The molecule has 0 bridgehead atoms. The van der Waals surface area contributed by atoms with Crippen LogP contribution < -0.4 is 132 Å². The number of nitrogens with one attached hydrogen (secondary N) is 3. The van der Waals surface area contributed by atoms with E-state index >= 15 is 0 Å². The van der Waals surface area contributed by atoms with Gasteiger partial charge in [0.15, 0.2) is 0 Å². The van der Waals surface area contributed by atoms with Crippen LogP contribution in [0.1, 0.15) is 57.8 Å². The summed E-state index contributed by atoms with van der Waals surface area (Å²) in [5, 5.41) is 133. The van der Waals surface area contributed by atoms with E-state index in [0.29, 0.717) is 0 Å². The fraction of sp³-hybridized carbons (Fsp3) is 0.600. The molecule has 406 valence electrons. The number of carboxylic acids is 12. The molecule has 68 heavy (non-hydrogen) atoms. The van der Waals surface area contributed by atoms with Gasteiger partial charge in [-0.2, -0.15) is 0 Å². The first-order valence-corrected chi connectivity index (χ1v) is 16.2. The Morgan fingerprint density at radius 1 is 0.294 bits per heavy atom. The minimum absolute atomic E-state index is 0. The SMILES string of the molecule is NC(CC(=O)[O-])C(CC(=O)[O-])(CC(=O)[O-])NCC(=O)[O-].NC(CC(=O)[O-])C(CC(=O)[O-])(CC(=O)[O-])NCC(=O)[O-].NC(CC(=O)[O-])C(CC(=O)[O-])(CC(=O)[O-])NCC(=O)[O-].[Au+3].[Au+3].[Au+3].[Au+3].[Au+3].[Cl-].[Cl-].[Cl-]. The summed E-state index contributed by atoms with van der Waals surface area (Å²) in [4.78, 5) is 127. The predicted octanol–water partition coefficient (Wildman–Crippen LogP) is -30.6. The van der Waals surface area contributed by atoms with E-state index < -0.39 is 184 Å². The smallest absolute Gasteiger partial charge is 1.00 e. The van der Waals surface area contributed by atoms with E-state index in [9.17, 15) is 119 Å². The third-order valence-electron chi connectivity index (χ3n) is 7.80. The van der Waals surface area contributed by atoms with Gasteiger partial charge < -0.3 is 189 Å². The van der Waals surface area contributed by atoms with E-state index in [1.165, 1.54) is 0 Å². The predicted molar refractivity (Wildman–Crippen MR) is 158 cm³/mol. The van der Waals surface area contributed by atoms with Gasteiger partial charge in [-0.1, -0.05) is 0 Å². The normalized spacial score (nSPS) is 11.2. The van der Waals surface area contributed by atoms with Gasteiger partial charge in [-0.3, -0.25) is 0 Å². The van der Waals surface area contributed by atoms with Gasteiger partial charge in [-0.15, -0.1) is 0 Å². The quantitative estimate of drug-likeness (QED) is 0.0364. The van der Waals surface area contributed by atoms with Crippen LogP contribution in [0.4, 0.5) is 0 Å². The Labute approximate surface area is 480 Å². The molecular weight excluding hydrogens is 1920 g/mol. The molecule has 0 aromatic carbocycles. The summed E-state index contributed by atoms with van der Waals surface area (Å²) in [6.45, 7) is -2.79. The minimum atomic E-state index is -2.07. The second kappa shape index (κ2) is 46.1. The molecule has 38 heteroatoms. The van der Waals surface area contributed by atoms with Gasteiger partial charge in [0.05, 0.1) is 17.9 Å². The molecule has 0 amide bonds.